The lowest BCUT2D eigenvalue weighted by molar-refractivity contribution is -0.138. The number of methoxy groups -OCH3 is 1. The molecule has 0 radical (unpaired) electrons. The maximum absolute atomic E-state index is 13.0. The number of hydrogen-bond acceptors (Lipinski definition) is 4. The van der Waals surface area contributed by atoms with Crippen LogP contribution in [0.1, 0.15) is 11.6 Å². The minimum absolute atomic E-state index is 0.0965. The molecule has 0 aromatic heterocycles. The third kappa shape index (κ3) is 2.16. The van der Waals surface area contributed by atoms with Crippen molar-refractivity contribution in [3.8, 4) is 11.5 Å². The van der Waals surface area contributed by atoms with Gasteiger partial charge in [0, 0.05) is 11.6 Å². The van der Waals surface area contributed by atoms with Crippen LogP contribution in [0.25, 0.3) is 0 Å². The molecule has 1 rings (SSSR count). The summed E-state index contributed by atoms with van der Waals surface area (Å²) in [5.41, 5.74) is 5.18. The molecule has 0 heterocycles. The van der Waals surface area contributed by atoms with E-state index in [-0.39, 0.29) is 11.3 Å². The van der Waals surface area contributed by atoms with E-state index in [0.29, 0.717) is 0 Å². The van der Waals surface area contributed by atoms with E-state index in [2.05, 4.69) is 4.74 Å². The second-order valence-corrected chi connectivity index (χ2v) is 2.86. The molecule has 6 heteroatoms. The van der Waals surface area contributed by atoms with Gasteiger partial charge in [0.2, 0.25) is 0 Å². The highest BCUT2D eigenvalue weighted by Crippen LogP contribution is 2.30. The number of aromatic hydroxyl groups is 1. The van der Waals surface area contributed by atoms with Crippen LogP contribution >= 0.6 is 0 Å². The van der Waals surface area contributed by atoms with Gasteiger partial charge in [0.05, 0.1) is 7.11 Å². The second kappa shape index (κ2) is 4.14. The standard InChI is InChI=1S/C9H10FNO4/c1-15-7-2-4(8(11)9(13)14)6(12)3-5(7)10/h2-3,8,12H,11H2,1H3,(H,13,14). The summed E-state index contributed by atoms with van der Waals surface area (Å²) in [7, 11) is 1.23. The van der Waals surface area contributed by atoms with E-state index in [0.717, 1.165) is 12.1 Å². The monoisotopic (exact) mass is 215 g/mol. The Hall–Kier alpha value is -1.82. The molecule has 82 valence electrons. The van der Waals surface area contributed by atoms with Crippen LogP contribution in [0.15, 0.2) is 12.1 Å². The maximum Gasteiger partial charge on any atom is 0.325 e. The topological polar surface area (TPSA) is 92.8 Å². The Balaban J connectivity index is 3.24. The number of carboxylic acid groups (broad SMARTS) is 1. The zero-order chi connectivity index (χ0) is 11.6. The van der Waals surface area contributed by atoms with E-state index in [1.165, 1.54) is 7.11 Å². The summed E-state index contributed by atoms with van der Waals surface area (Å²) in [5, 5.41) is 17.9. The first-order valence-corrected chi connectivity index (χ1v) is 4.02. The quantitative estimate of drug-likeness (QED) is 0.687. The molecule has 0 saturated carbocycles. The normalized spacial score (nSPS) is 12.2. The van der Waals surface area contributed by atoms with Gasteiger partial charge in [-0.2, -0.15) is 0 Å². The Morgan fingerprint density at radius 2 is 2.20 bits per heavy atom. The SMILES string of the molecule is COc1cc(C(N)C(=O)O)c(O)cc1F. The molecule has 4 N–H and O–H groups in total. The molecule has 5 nitrogen and oxygen atoms in total. The van der Waals surface area contributed by atoms with E-state index in [4.69, 9.17) is 10.8 Å². The Labute approximate surface area is 84.9 Å². The van der Waals surface area contributed by atoms with Gasteiger partial charge in [-0.3, -0.25) is 4.79 Å². The van der Waals surface area contributed by atoms with Crippen molar-refractivity contribution in [2.75, 3.05) is 7.11 Å². The van der Waals surface area contributed by atoms with Gasteiger partial charge in [0.1, 0.15) is 11.8 Å². The molecule has 15 heavy (non-hydrogen) atoms. The fraction of sp³-hybridized carbons (Fsp3) is 0.222. The highest BCUT2D eigenvalue weighted by atomic mass is 19.1. The average Bonchev–Trinajstić information content (AvgIpc) is 2.17. The Bertz CT molecular complexity index is 394. The van der Waals surface area contributed by atoms with Crippen LogP contribution in [0.3, 0.4) is 0 Å². The van der Waals surface area contributed by atoms with Crippen molar-refractivity contribution in [1.29, 1.82) is 0 Å². The first-order chi connectivity index (χ1) is 6.97. The number of halogens is 1. The second-order valence-electron chi connectivity index (χ2n) is 2.86. The maximum atomic E-state index is 13.0. The molecule has 0 amide bonds. The lowest BCUT2D eigenvalue weighted by Gasteiger charge is -2.11. The summed E-state index contributed by atoms with van der Waals surface area (Å²) in [6, 6.07) is 0.403. The fourth-order valence-corrected chi connectivity index (χ4v) is 1.10. The number of phenols is 1. The Morgan fingerprint density at radius 3 is 2.67 bits per heavy atom. The van der Waals surface area contributed by atoms with Gasteiger partial charge in [0.25, 0.3) is 0 Å². The fourth-order valence-electron chi connectivity index (χ4n) is 1.10. The summed E-state index contributed by atoms with van der Waals surface area (Å²) >= 11 is 0. The van der Waals surface area contributed by atoms with Crippen LogP contribution in [0, 0.1) is 5.82 Å². The van der Waals surface area contributed by atoms with Crippen molar-refractivity contribution in [3.05, 3.63) is 23.5 Å². The lowest BCUT2D eigenvalue weighted by atomic mass is 10.1. The van der Waals surface area contributed by atoms with Crippen LogP contribution in [0.4, 0.5) is 4.39 Å². The molecule has 0 fully saturated rings. The van der Waals surface area contributed by atoms with Crippen molar-refractivity contribution in [2.24, 2.45) is 5.73 Å². The molecule has 1 atom stereocenters. The number of hydrogen-bond donors (Lipinski definition) is 3. The van der Waals surface area contributed by atoms with E-state index in [1.807, 2.05) is 0 Å². The van der Waals surface area contributed by atoms with Crippen LogP contribution < -0.4 is 10.5 Å². The molecular weight excluding hydrogens is 205 g/mol. The van der Waals surface area contributed by atoms with Crippen molar-refractivity contribution >= 4 is 5.97 Å². The van der Waals surface area contributed by atoms with Gasteiger partial charge in [-0.25, -0.2) is 4.39 Å². The number of carbonyl (C=O) groups is 1. The predicted molar refractivity (Wildman–Crippen MR) is 49.2 cm³/mol. The van der Waals surface area contributed by atoms with Gasteiger partial charge >= 0.3 is 5.97 Å². The van der Waals surface area contributed by atoms with E-state index in [1.54, 1.807) is 0 Å². The molecule has 1 unspecified atom stereocenters. The largest absolute Gasteiger partial charge is 0.507 e. The van der Waals surface area contributed by atoms with E-state index < -0.39 is 23.6 Å². The number of ether oxygens (including phenoxy) is 1. The highest BCUT2D eigenvalue weighted by Gasteiger charge is 2.20. The van der Waals surface area contributed by atoms with Crippen LogP contribution in [0.2, 0.25) is 0 Å². The number of phenolic OH excluding ortho intramolecular Hbond substituents is 1. The van der Waals surface area contributed by atoms with Gasteiger partial charge in [0.15, 0.2) is 11.6 Å². The molecule has 0 aliphatic carbocycles. The Kier molecular flexibility index (Phi) is 3.11. The van der Waals surface area contributed by atoms with Crippen LogP contribution in [-0.4, -0.2) is 23.3 Å². The molecule has 0 bridgehead atoms. The van der Waals surface area contributed by atoms with Crippen LogP contribution in [0.5, 0.6) is 11.5 Å². The number of carboxylic acids is 1. The summed E-state index contributed by atoms with van der Waals surface area (Å²) in [6.45, 7) is 0. The first-order valence-electron chi connectivity index (χ1n) is 4.02. The average molecular weight is 215 g/mol. The summed E-state index contributed by atoms with van der Waals surface area (Å²) < 4.78 is 17.7. The van der Waals surface area contributed by atoms with E-state index in [9.17, 15) is 14.3 Å². The summed E-state index contributed by atoms with van der Waals surface area (Å²) in [6.07, 6.45) is 0. The molecule has 1 aromatic carbocycles. The minimum atomic E-state index is -1.42. The number of rotatable bonds is 3. The highest BCUT2D eigenvalue weighted by molar-refractivity contribution is 5.76. The smallest absolute Gasteiger partial charge is 0.325 e. The number of benzene rings is 1. The molecule has 0 spiro atoms. The molecule has 0 aliphatic heterocycles. The van der Waals surface area contributed by atoms with Gasteiger partial charge in [-0.1, -0.05) is 0 Å². The van der Waals surface area contributed by atoms with Crippen LogP contribution in [-0.2, 0) is 4.79 Å². The third-order valence-electron chi connectivity index (χ3n) is 1.90. The van der Waals surface area contributed by atoms with Gasteiger partial charge in [-0.05, 0) is 6.07 Å². The summed E-state index contributed by atoms with van der Waals surface area (Å²) in [4.78, 5) is 10.6. The summed E-state index contributed by atoms with van der Waals surface area (Å²) in [5.74, 6) is -2.78. The molecule has 0 saturated heterocycles. The molecular formula is C9H10FNO4. The first kappa shape index (κ1) is 11.3. The zero-order valence-electron chi connectivity index (χ0n) is 7.90. The lowest BCUT2D eigenvalue weighted by Crippen LogP contribution is -2.20. The Morgan fingerprint density at radius 1 is 1.60 bits per heavy atom. The van der Waals surface area contributed by atoms with Gasteiger partial charge < -0.3 is 20.7 Å². The minimum Gasteiger partial charge on any atom is -0.507 e. The third-order valence-corrected chi connectivity index (χ3v) is 1.90. The molecule has 1 aromatic rings. The predicted octanol–water partition coefficient (Wildman–Crippen LogP) is 0.624. The van der Waals surface area contributed by atoms with Crippen molar-refractivity contribution in [3.63, 3.8) is 0 Å². The number of nitrogens with two attached hydrogens (primary N) is 1. The van der Waals surface area contributed by atoms with Crippen molar-refractivity contribution in [1.82, 2.24) is 0 Å². The van der Waals surface area contributed by atoms with Crippen molar-refractivity contribution in [2.45, 2.75) is 6.04 Å². The molecule has 0 aliphatic rings. The number of aliphatic carboxylic acids is 1. The van der Waals surface area contributed by atoms with E-state index >= 15 is 0 Å². The van der Waals surface area contributed by atoms with Gasteiger partial charge in [-0.15, -0.1) is 0 Å². The van der Waals surface area contributed by atoms with Crippen molar-refractivity contribution < 1.29 is 24.1 Å². The zero-order valence-corrected chi connectivity index (χ0v) is 7.90.